The highest BCUT2D eigenvalue weighted by Crippen LogP contribution is 2.21. The second kappa shape index (κ2) is 9.87. The number of rotatable bonds is 9. The zero-order chi connectivity index (χ0) is 20.7. The SMILES string of the molecule is COc1ccc(S(=O)(=O)N(CC(=O)NC[C@H]2CCCO2)Cc2ccccc2)cc1. The Hall–Kier alpha value is -2.42. The molecule has 0 bridgehead atoms. The van der Waals surface area contributed by atoms with E-state index in [0.29, 0.717) is 18.9 Å². The highest BCUT2D eigenvalue weighted by Gasteiger charge is 2.27. The van der Waals surface area contributed by atoms with Crippen LogP contribution in [0.2, 0.25) is 0 Å². The predicted molar refractivity (Wildman–Crippen MR) is 109 cm³/mol. The molecule has 29 heavy (non-hydrogen) atoms. The van der Waals surface area contributed by atoms with E-state index in [1.54, 1.807) is 12.1 Å². The van der Waals surface area contributed by atoms with Gasteiger partial charge in [0.25, 0.3) is 0 Å². The van der Waals surface area contributed by atoms with Crippen molar-refractivity contribution in [2.45, 2.75) is 30.4 Å². The molecule has 1 aliphatic rings. The van der Waals surface area contributed by atoms with Crippen LogP contribution in [0.1, 0.15) is 18.4 Å². The molecule has 1 fully saturated rings. The second-order valence-corrected chi connectivity index (χ2v) is 8.81. The van der Waals surface area contributed by atoms with Crippen molar-refractivity contribution in [2.75, 3.05) is 26.8 Å². The van der Waals surface area contributed by atoms with Crippen LogP contribution in [-0.4, -0.2) is 51.5 Å². The minimum absolute atomic E-state index is 0.000260. The highest BCUT2D eigenvalue weighted by atomic mass is 32.2. The summed E-state index contributed by atoms with van der Waals surface area (Å²) in [7, 11) is -2.35. The quantitative estimate of drug-likeness (QED) is 0.675. The maximum atomic E-state index is 13.2. The number of nitrogens with zero attached hydrogens (tertiary/aromatic N) is 1. The van der Waals surface area contributed by atoms with Gasteiger partial charge in [-0.1, -0.05) is 30.3 Å². The number of benzene rings is 2. The van der Waals surface area contributed by atoms with Gasteiger partial charge in [-0.15, -0.1) is 0 Å². The Morgan fingerprint density at radius 3 is 2.52 bits per heavy atom. The molecule has 8 heteroatoms. The number of hydrogen-bond acceptors (Lipinski definition) is 5. The fraction of sp³-hybridized carbons (Fsp3) is 0.381. The van der Waals surface area contributed by atoms with Crippen LogP contribution in [0, 0.1) is 0 Å². The Balaban J connectivity index is 1.76. The molecular formula is C21H26N2O5S. The van der Waals surface area contributed by atoms with E-state index in [9.17, 15) is 13.2 Å². The van der Waals surface area contributed by atoms with E-state index in [0.717, 1.165) is 18.4 Å². The highest BCUT2D eigenvalue weighted by molar-refractivity contribution is 7.89. The van der Waals surface area contributed by atoms with Gasteiger partial charge in [-0.3, -0.25) is 4.79 Å². The standard InChI is InChI=1S/C21H26N2O5S/c1-27-18-9-11-20(12-10-18)29(25,26)23(15-17-6-3-2-4-7-17)16-21(24)22-14-19-8-5-13-28-19/h2-4,6-7,9-12,19H,5,8,13-16H2,1H3,(H,22,24)/t19-/m1/s1. The molecule has 0 spiro atoms. The van der Waals surface area contributed by atoms with Gasteiger partial charge in [0.1, 0.15) is 5.75 Å². The van der Waals surface area contributed by atoms with Crippen LogP contribution < -0.4 is 10.1 Å². The molecule has 7 nitrogen and oxygen atoms in total. The fourth-order valence-electron chi connectivity index (χ4n) is 3.16. The van der Waals surface area contributed by atoms with Crippen LogP contribution in [0.15, 0.2) is 59.5 Å². The Morgan fingerprint density at radius 1 is 1.17 bits per heavy atom. The smallest absolute Gasteiger partial charge is 0.243 e. The average molecular weight is 419 g/mol. The largest absolute Gasteiger partial charge is 0.497 e. The number of methoxy groups -OCH3 is 1. The van der Waals surface area contributed by atoms with Crippen molar-refractivity contribution in [1.82, 2.24) is 9.62 Å². The van der Waals surface area contributed by atoms with Gasteiger partial charge in [0.2, 0.25) is 15.9 Å². The van der Waals surface area contributed by atoms with Gasteiger partial charge in [-0.2, -0.15) is 4.31 Å². The monoisotopic (exact) mass is 418 g/mol. The van der Waals surface area contributed by atoms with Gasteiger partial charge in [0.05, 0.1) is 24.7 Å². The summed E-state index contributed by atoms with van der Waals surface area (Å²) in [5.41, 5.74) is 0.802. The molecule has 0 radical (unpaired) electrons. The molecule has 1 aliphatic heterocycles. The number of carbonyl (C=O) groups is 1. The molecule has 1 atom stereocenters. The Labute approximate surface area is 171 Å². The van der Waals surface area contributed by atoms with Crippen LogP contribution in [0.25, 0.3) is 0 Å². The maximum absolute atomic E-state index is 13.2. The van der Waals surface area contributed by atoms with E-state index in [4.69, 9.17) is 9.47 Å². The Bertz CT molecular complexity index is 894. The van der Waals surface area contributed by atoms with Crippen LogP contribution >= 0.6 is 0 Å². The fourth-order valence-corrected chi connectivity index (χ4v) is 4.54. The first-order valence-electron chi connectivity index (χ1n) is 9.55. The lowest BCUT2D eigenvalue weighted by molar-refractivity contribution is -0.121. The van der Waals surface area contributed by atoms with E-state index in [2.05, 4.69) is 5.32 Å². The summed E-state index contributed by atoms with van der Waals surface area (Å²) in [5, 5.41) is 2.79. The number of sulfonamides is 1. The molecule has 1 heterocycles. The molecule has 1 amide bonds. The molecule has 1 N–H and O–H groups in total. The van der Waals surface area contributed by atoms with Gasteiger partial charge < -0.3 is 14.8 Å². The molecule has 0 unspecified atom stereocenters. The molecule has 2 aromatic carbocycles. The molecule has 0 saturated carbocycles. The summed E-state index contributed by atoms with van der Waals surface area (Å²) in [6.07, 6.45) is 1.88. The first kappa shape index (κ1) is 21.3. The van der Waals surface area contributed by atoms with Crippen molar-refractivity contribution in [2.24, 2.45) is 0 Å². The van der Waals surface area contributed by atoms with Gasteiger partial charge in [-0.25, -0.2) is 8.42 Å². The number of amides is 1. The summed E-state index contributed by atoms with van der Waals surface area (Å²) in [6.45, 7) is 0.922. The first-order valence-corrected chi connectivity index (χ1v) is 11.0. The summed E-state index contributed by atoms with van der Waals surface area (Å²) < 4.78 is 38.2. The molecule has 0 aromatic heterocycles. The lowest BCUT2D eigenvalue weighted by atomic mass is 10.2. The van der Waals surface area contributed by atoms with E-state index < -0.39 is 10.0 Å². The van der Waals surface area contributed by atoms with E-state index >= 15 is 0 Å². The van der Waals surface area contributed by atoms with Crippen molar-refractivity contribution in [1.29, 1.82) is 0 Å². The zero-order valence-corrected chi connectivity index (χ0v) is 17.2. The molecule has 2 aromatic rings. The topological polar surface area (TPSA) is 84.9 Å². The lowest BCUT2D eigenvalue weighted by Crippen LogP contribution is -2.42. The van der Waals surface area contributed by atoms with Crippen molar-refractivity contribution in [3.05, 3.63) is 60.2 Å². The maximum Gasteiger partial charge on any atom is 0.243 e. The van der Waals surface area contributed by atoms with Crippen LogP contribution in [-0.2, 0) is 26.1 Å². The molecule has 3 rings (SSSR count). The molecular weight excluding hydrogens is 392 g/mol. The van der Waals surface area contributed by atoms with E-state index in [-0.39, 0.29) is 30.0 Å². The number of ether oxygens (including phenoxy) is 2. The van der Waals surface area contributed by atoms with Gasteiger partial charge in [0, 0.05) is 19.7 Å². The third kappa shape index (κ3) is 5.79. The molecule has 156 valence electrons. The average Bonchev–Trinajstić information content (AvgIpc) is 3.26. The number of carbonyl (C=O) groups excluding carboxylic acids is 1. The van der Waals surface area contributed by atoms with Crippen molar-refractivity contribution in [3.63, 3.8) is 0 Å². The first-order chi connectivity index (χ1) is 14.0. The third-order valence-corrected chi connectivity index (χ3v) is 6.58. The summed E-state index contributed by atoms with van der Waals surface area (Å²) >= 11 is 0. The predicted octanol–water partition coefficient (Wildman–Crippen LogP) is 2.18. The van der Waals surface area contributed by atoms with E-state index in [1.807, 2.05) is 30.3 Å². The van der Waals surface area contributed by atoms with Gasteiger partial charge >= 0.3 is 0 Å². The Morgan fingerprint density at radius 2 is 1.90 bits per heavy atom. The lowest BCUT2D eigenvalue weighted by Gasteiger charge is -2.22. The van der Waals surface area contributed by atoms with Crippen molar-refractivity contribution in [3.8, 4) is 5.75 Å². The molecule has 0 aliphatic carbocycles. The number of nitrogens with one attached hydrogen (secondary N) is 1. The van der Waals surface area contributed by atoms with Crippen LogP contribution in [0.4, 0.5) is 0 Å². The van der Waals surface area contributed by atoms with Crippen LogP contribution in [0.5, 0.6) is 5.75 Å². The van der Waals surface area contributed by atoms with E-state index in [1.165, 1.54) is 23.5 Å². The third-order valence-electron chi connectivity index (χ3n) is 4.77. The minimum atomic E-state index is -3.87. The van der Waals surface area contributed by atoms with Gasteiger partial charge in [-0.05, 0) is 42.7 Å². The van der Waals surface area contributed by atoms with Crippen molar-refractivity contribution < 1.29 is 22.7 Å². The van der Waals surface area contributed by atoms with Gasteiger partial charge in [0.15, 0.2) is 0 Å². The molecule has 1 saturated heterocycles. The van der Waals surface area contributed by atoms with Crippen molar-refractivity contribution >= 4 is 15.9 Å². The Kier molecular flexibility index (Phi) is 7.24. The zero-order valence-electron chi connectivity index (χ0n) is 16.4. The van der Waals surface area contributed by atoms with Crippen LogP contribution in [0.3, 0.4) is 0 Å². The second-order valence-electron chi connectivity index (χ2n) is 6.87. The summed E-state index contributed by atoms with van der Waals surface area (Å²) in [6, 6.07) is 15.3. The minimum Gasteiger partial charge on any atom is -0.497 e. The number of hydrogen-bond donors (Lipinski definition) is 1. The summed E-state index contributed by atoms with van der Waals surface area (Å²) in [5.74, 6) is 0.210. The normalized spacial score (nSPS) is 16.7. The summed E-state index contributed by atoms with van der Waals surface area (Å²) in [4.78, 5) is 12.6.